The highest BCUT2D eigenvalue weighted by molar-refractivity contribution is 8.03. The molecule has 2 aliphatic heterocycles. The average molecular weight is 477 g/mol. The molecule has 3 rings (SSSR count). The number of nitro benzene ring substituents is 1. The number of nitrogens with one attached hydrogen (secondary N) is 1. The maximum absolute atomic E-state index is 12.9. The van der Waals surface area contributed by atoms with E-state index in [4.69, 9.17) is 9.47 Å². The number of thioether (sulfide) groups is 1. The summed E-state index contributed by atoms with van der Waals surface area (Å²) in [6.07, 6.45) is -0.215. The van der Waals surface area contributed by atoms with Crippen LogP contribution < -0.4 is 5.32 Å². The van der Waals surface area contributed by atoms with Gasteiger partial charge < -0.3 is 19.7 Å². The number of carbonyl (C=O) groups excluding carboxylic acids is 4. The molecule has 33 heavy (non-hydrogen) atoms. The first-order chi connectivity index (χ1) is 15.7. The quantitative estimate of drug-likeness (QED) is 0.125. The summed E-state index contributed by atoms with van der Waals surface area (Å²) in [4.78, 5) is 59.8. The van der Waals surface area contributed by atoms with Crippen LogP contribution in [0.25, 0.3) is 0 Å². The molecule has 1 aromatic rings. The van der Waals surface area contributed by atoms with E-state index >= 15 is 0 Å². The molecular weight excluding hydrogens is 454 g/mol. The normalized spacial score (nSPS) is 19.9. The minimum absolute atomic E-state index is 0.0758. The van der Waals surface area contributed by atoms with E-state index in [1.54, 1.807) is 6.92 Å². The van der Waals surface area contributed by atoms with E-state index in [1.807, 2.05) is 0 Å². The summed E-state index contributed by atoms with van der Waals surface area (Å²) in [5.41, 5.74) is 0.632. The lowest BCUT2D eigenvalue weighted by molar-refractivity contribution is -0.384. The number of nitro groups is 1. The van der Waals surface area contributed by atoms with E-state index in [9.17, 15) is 29.3 Å². The van der Waals surface area contributed by atoms with Gasteiger partial charge in [-0.3, -0.25) is 24.5 Å². The molecule has 0 unspecified atom stereocenters. The Morgan fingerprint density at radius 1 is 1.36 bits per heavy atom. The average Bonchev–Trinajstić information content (AvgIpc) is 3.09. The minimum atomic E-state index is -0.686. The van der Waals surface area contributed by atoms with Gasteiger partial charge >= 0.3 is 5.97 Å². The van der Waals surface area contributed by atoms with Crippen molar-refractivity contribution < 1.29 is 33.6 Å². The van der Waals surface area contributed by atoms with Crippen molar-refractivity contribution in [3.8, 4) is 0 Å². The number of fused-ring (bicyclic) bond motifs is 1. The minimum Gasteiger partial charge on any atom is -0.464 e. The van der Waals surface area contributed by atoms with Gasteiger partial charge in [-0.2, -0.15) is 0 Å². The molecule has 11 nitrogen and oxygen atoms in total. The lowest BCUT2D eigenvalue weighted by atomic mass is 9.83. The van der Waals surface area contributed by atoms with Crippen molar-refractivity contribution >= 4 is 41.7 Å². The summed E-state index contributed by atoms with van der Waals surface area (Å²) in [6, 6.07) is 5.29. The van der Waals surface area contributed by atoms with Crippen LogP contribution in [0.3, 0.4) is 0 Å². The number of esters is 1. The molecule has 2 amide bonds. The Hall–Kier alpha value is -3.41. The van der Waals surface area contributed by atoms with Gasteiger partial charge in [-0.1, -0.05) is 0 Å². The van der Waals surface area contributed by atoms with Crippen molar-refractivity contribution in [2.75, 3.05) is 12.3 Å². The first-order valence-electron chi connectivity index (χ1n) is 10.2. The second-order valence-electron chi connectivity index (χ2n) is 7.55. The Labute approximate surface area is 193 Å². The zero-order valence-electron chi connectivity index (χ0n) is 18.0. The van der Waals surface area contributed by atoms with Crippen LogP contribution in [0.1, 0.15) is 25.8 Å². The monoisotopic (exact) mass is 477 g/mol. The molecule has 176 valence electrons. The number of hydrogen-bond donors (Lipinski definition) is 1. The molecule has 1 fully saturated rings. The smallest absolute Gasteiger partial charge is 0.356 e. The zero-order valence-corrected chi connectivity index (χ0v) is 18.8. The Bertz CT molecular complexity index is 994. The number of amides is 2. The number of ether oxygens (including phenoxy) is 2. The van der Waals surface area contributed by atoms with E-state index in [0.29, 0.717) is 35.7 Å². The van der Waals surface area contributed by atoms with Crippen LogP contribution in [-0.2, 0) is 35.3 Å². The maximum atomic E-state index is 12.9. The summed E-state index contributed by atoms with van der Waals surface area (Å²) in [6.45, 7) is 3.60. The third kappa shape index (κ3) is 5.33. The molecule has 0 spiro atoms. The van der Waals surface area contributed by atoms with Crippen LogP contribution in [0.5, 0.6) is 0 Å². The molecule has 1 aromatic carbocycles. The number of nitrogens with zero attached hydrogens (tertiary/aromatic N) is 2. The van der Waals surface area contributed by atoms with Gasteiger partial charge in [-0.15, -0.1) is 11.8 Å². The summed E-state index contributed by atoms with van der Waals surface area (Å²) in [5, 5.41) is 13.5. The third-order valence-electron chi connectivity index (χ3n) is 5.41. The van der Waals surface area contributed by atoms with E-state index < -0.39 is 22.9 Å². The summed E-state index contributed by atoms with van der Waals surface area (Å²) >= 11 is 1.35. The predicted octanol–water partition coefficient (Wildman–Crippen LogP) is 1.51. The van der Waals surface area contributed by atoms with Gasteiger partial charge in [0.05, 0.1) is 16.9 Å². The molecule has 1 saturated heterocycles. The number of rotatable bonds is 11. The Balaban J connectivity index is 1.72. The largest absolute Gasteiger partial charge is 0.464 e. The van der Waals surface area contributed by atoms with Crippen molar-refractivity contribution in [2.45, 2.75) is 39.0 Å². The summed E-state index contributed by atoms with van der Waals surface area (Å²) in [5.74, 6) is -1.24. The Morgan fingerprint density at radius 2 is 2.06 bits per heavy atom. The highest BCUT2D eigenvalue weighted by Gasteiger charge is 2.57. The fourth-order valence-corrected chi connectivity index (χ4v) is 4.90. The Kier molecular flexibility index (Phi) is 7.69. The van der Waals surface area contributed by atoms with Crippen LogP contribution in [0.15, 0.2) is 34.9 Å². The fraction of sp³-hybridized carbons (Fsp3) is 0.429. The van der Waals surface area contributed by atoms with Crippen molar-refractivity contribution in [1.82, 2.24) is 10.2 Å². The molecule has 3 atom stereocenters. The molecular formula is C21H23N3O8S. The molecule has 0 aromatic heterocycles. The van der Waals surface area contributed by atoms with Crippen molar-refractivity contribution in [3.63, 3.8) is 0 Å². The first-order valence-corrected chi connectivity index (χ1v) is 11.2. The van der Waals surface area contributed by atoms with Crippen LogP contribution in [-0.4, -0.2) is 58.5 Å². The molecule has 2 aliphatic rings. The summed E-state index contributed by atoms with van der Waals surface area (Å²) < 4.78 is 10.3. The van der Waals surface area contributed by atoms with Gasteiger partial charge in [0.25, 0.3) is 12.2 Å². The SMILES string of the molecule is CC(=O)NCCSC1=C(C(=O)OCc2ccc([N+](=O)[O-])cc2)N2C(=O)[C@H]([C@@H](C)OC=O)[C@H]2C1. The molecule has 0 saturated carbocycles. The third-order valence-corrected chi connectivity index (χ3v) is 6.52. The highest BCUT2D eigenvalue weighted by atomic mass is 32.2. The second-order valence-corrected chi connectivity index (χ2v) is 8.74. The number of carbonyl (C=O) groups is 4. The van der Waals surface area contributed by atoms with Gasteiger partial charge in [0.2, 0.25) is 11.8 Å². The molecule has 0 aliphatic carbocycles. The van der Waals surface area contributed by atoms with Crippen molar-refractivity contribution in [1.29, 1.82) is 0 Å². The highest BCUT2D eigenvalue weighted by Crippen LogP contribution is 2.47. The predicted molar refractivity (Wildman–Crippen MR) is 116 cm³/mol. The van der Waals surface area contributed by atoms with Crippen molar-refractivity contribution in [2.24, 2.45) is 5.92 Å². The number of benzene rings is 1. The lowest BCUT2D eigenvalue weighted by Gasteiger charge is -2.45. The maximum Gasteiger partial charge on any atom is 0.356 e. The van der Waals surface area contributed by atoms with Crippen LogP contribution in [0, 0.1) is 16.0 Å². The molecule has 12 heteroatoms. The summed E-state index contributed by atoms with van der Waals surface area (Å²) in [7, 11) is 0. The topological polar surface area (TPSA) is 145 Å². The fourth-order valence-electron chi connectivity index (χ4n) is 3.84. The van der Waals surface area contributed by atoms with Crippen LogP contribution >= 0.6 is 11.8 Å². The lowest BCUT2D eigenvalue weighted by Crippen LogP contribution is -2.62. The number of hydrogen-bond acceptors (Lipinski definition) is 9. The second kappa shape index (κ2) is 10.5. The Morgan fingerprint density at radius 3 is 2.67 bits per heavy atom. The number of β-lactam (4-membered cyclic amide) rings is 1. The van der Waals surface area contributed by atoms with Gasteiger partial charge in [0.1, 0.15) is 18.4 Å². The molecule has 1 N–H and O–H groups in total. The van der Waals surface area contributed by atoms with E-state index in [2.05, 4.69) is 5.32 Å². The van der Waals surface area contributed by atoms with Crippen LogP contribution in [0.4, 0.5) is 5.69 Å². The van der Waals surface area contributed by atoms with E-state index in [0.717, 1.165) is 0 Å². The molecule has 0 bridgehead atoms. The van der Waals surface area contributed by atoms with Gasteiger partial charge in [0, 0.05) is 42.7 Å². The van der Waals surface area contributed by atoms with Gasteiger partial charge in [-0.25, -0.2) is 4.79 Å². The van der Waals surface area contributed by atoms with E-state index in [-0.39, 0.29) is 35.8 Å². The zero-order chi connectivity index (χ0) is 24.1. The van der Waals surface area contributed by atoms with Gasteiger partial charge in [0.15, 0.2) is 0 Å². The number of non-ortho nitro benzene ring substituents is 1. The standard InChI is InChI=1S/C21H23N3O8S/c1-12(32-11-25)18-16-9-17(33-8-7-22-13(2)26)19(23(16)20(18)27)21(28)31-10-14-3-5-15(6-4-14)24(29)30/h3-6,11-12,16,18H,7-10H2,1-2H3,(H,22,26)/t12-,16-,18-/m1/s1. The van der Waals surface area contributed by atoms with Gasteiger partial charge in [-0.05, 0) is 24.6 Å². The van der Waals surface area contributed by atoms with E-state index in [1.165, 1.54) is 47.9 Å². The van der Waals surface area contributed by atoms with Crippen molar-refractivity contribution in [3.05, 3.63) is 50.5 Å². The van der Waals surface area contributed by atoms with Crippen LogP contribution in [0.2, 0.25) is 0 Å². The first kappa shape index (κ1) is 24.2. The molecule has 0 radical (unpaired) electrons. The molecule has 2 heterocycles.